The molecule has 1 aliphatic heterocycles. The van der Waals surface area contributed by atoms with Gasteiger partial charge in [0, 0.05) is 39.0 Å². The molecule has 0 N–H and O–H groups in total. The summed E-state index contributed by atoms with van der Waals surface area (Å²) in [5.74, 6) is 0.472. The van der Waals surface area contributed by atoms with Crippen LogP contribution in [0.1, 0.15) is 11.1 Å². The molecule has 0 radical (unpaired) electrons. The first-order valence-corrected chi connectivity index (χ1v) is 11.3. The molecule has 146 valence electrons. The average Bonchev–Trinajstić information content (AvgIpc) is 2.67. The van der Waals surface area contributed by atoms with Gasteiger partial charge in [0.2, 0.25) is 0 Å². The number of sulfone groups is 1. The monoisotopic (exact) mass is 396 g/mol. The van der Waals surface area contributed by atoms with Gasteiger partial charge in [-0.3, -0.25) is 4.90 Å². The summed E-state index contributed by atoms with van der Waals surface area (Å²) in [6.07, 6.45) is 1.20. The van der Waals surface area contributed by atoms with E-state index in [0.29, 0.717) is 11.3 Å². The van der Waals surface area contributed by atoms with Gasteiger partial charge >= 0.3 is 0 Å². The molecule has 3 aromatic rings. The molecule has 6 nitrogen and oxygen atoms in total. The lowest BCUT2D eigenvalue weighted by Crippen LogP contribution is -2.46. The highest BCUT2D eigenvalue weighted by molar-refractivity contribution is 7.90. The van der Waals surface area contributed by atoms with Gasteiger partial charge in [-0.2, -0.15) is 0 Å². The number of rotatable bonds is 4. The Morgan fingerprint density at radius 1 is 0.929 bits per heavy atom. The molecule has 1 aromatic heterocycles. The van der Waals surface area contributed by atoms with Gasteiger partial charge < -0.3 is 4.90 Å². The fourth-order valence-corrected chi connectivity index (χ4v) is 4.32. The van der Waals surface area contributed by atoms with E-state index in [0.717, 1.165) is 43.8 Å². The molecule has 1 saturated heterocycles. The highest BCUT2D eigenvalue weighted by atomic mass is 32.2. The molecule has 28 heavy (non-hydrogen) atoms. The minimum absolute atomic E-state index is 0.0698. The van der Waals surface area contributed by atoms with Crippen molar-refractivity contribution in [3.8, 4) is 0 Å². The molecule has 0 unspecified atom stereocenters. The first-order chi connectivity index (χ1) is 13.4. The molecule has 1 aliphatic rings. The molecular weight excluding hydrogens is 372 g/mol. The van der Waals surface area contributed by atoms with Crippen LogP contribution in [0.4, 0.5) is 5.82 Å². The molecule has 2 heterocycles. The largest absolute Gasteiger partial charge is 0.352 e. The van der Waals surface area contributed by atoms with Gasteiger partial charge in [-0.05, 0) is 30.2 Å². The van der Waals surface area contributed by atoms with E-state index < -0.39 is 9.84 Å². The number of nitrogens with zero attached hydrogens (tertiary/aromatic N) is 4. The number of fused-ring (bicyclic) bond motifs is 1. The quantitative estimate of drug-likeness (QED) is 0.676. The SMILES string of the molecule is Cc1ccc2nc(S(C)(=O)=O)c(N3CCN(Cc4ccccc4)CC3)nc2c1. The summed E-state index contributed by atoms with van der Waals surface area (Å²) >= 11 is 0. The van der Waals surface area contributed by atoms with Crippen molar-refractivity contribution in [3.05, 3.63) is 59.7 Å². The normalized spacial score (nSPS) is 15.9. The molecule has 0 spiro atoms. The topological polar surface area (TPSA) is 66.4 Å². The van der Waals surface area contributed by atoms with E-state index in [4.69, 9.17) is 4.98 Å². The fraction of sp³-hybridized carbons (Fsp3) is 0.333. The third-order valence-electron chi connectivity index (χ3n) is 5.04. The van der Waals surface area contributed by atoms with Crippen molar-refractivity contribution in [1.82, 2.24) is 14.9 Å². The minimum atomic E-state index is -3.48. The second-order valence-corrected chi connectivity index (χ2v) is 9.30. The average molecular weight is 397 g/mol. The van der Waals surface area contributed by atoms with Crippen molar-refractivity contribution in [1.29, 1.82) is 0 Å². The molecule has 1 fully saturated rings. The molecule has 2 aromatic carbocycles. The Morgan fingerprint density at radius 3 is 2.32 bits per heavy atom. The zero-order chi connectivity index (χ0) is 19.7. The van der Waals surface area contributed by atoms with Crippen LogP contribution in [0.25, 0.3) is 11.0 Å². The summed E-state index contributed by atoms with van der Waals surface area (Å²) < 4.78 is 24.7. The van der Waals surface area contributed by atoms with Crippen molar-refractivity contribution in [2.45, 2.75) is 18.5 Å². The summed E-state index contributed by atoms with van der Waals surface area (Å²) in [6, 6.07) is 16.1. The third-order valence-corrected chi connectivity index (χ3v) is 6.02. The summed E-state index contributed by atoms with van der Waals surface area (Å²) in [6.45, 7) is 6.05. The van der Waals surface area contributed by atoms with Crippen LogP contribution < -0.4 is 4.90 Å². The predicted molar refractivity (Wildman–Crippen MR) is 111 cm³/mol. The van der Waals surface area contributed by atoms with Crippen molar-refractivity contribution >= 4 is 26.7 Å². The van der Waals surface area contributed by atoms with E-state index in [2.05, 4.69) is 34.1 Å². The van der Waals surface area contributed by atoms with Crippen LogP contribution in [-0.4, -0.2) is 55.7 Å². The van der Waals surface area contributed by atoms with E-state index in [1.807, 2.05) is 36.1 Å². The van der Waals surface area contributed by atoms with Gasteiger partial charge in [0.1, 0.15) is 0 Å². The van der Waals surface area contributed by atoms with Crippen molar-refractivity contribution in [2.24, 2.45) is 0 Å². The summed E-state index contributed by atoms with van der Waals surface area (Å²) in [4.78, 5) is 13.6. The van der Waals surface area contributed by atoms with E-state index in [-0.39, 0.29) is 5.03 Å². The Bertz CT molecular complexity index is 1090. The van der Waals surface area contributed by atoms with E-state index in [9.17, 15) is 8.42 Å². The number of anilines is 1. The van der Waals surface area contributed by atoms with Gasteiger partial charge in [0.15, 0.2) is 20.7 Å². The molecule has 0 aliphatic carbocycles. The molecular formula is C21H24N4O2S. The fourth-order valence-electron chi connectivity index (χ4n) is 3.55. The maximum absolute atomic E-state index is 12.4. The highest BCUT2D eigenvalue weighted by Crippen LogP contribution is 2.26. The molecule has 0 bridgehead atoms. The van der Waals surface area contributed by atoms with Gasteiger partial charge in [-0.1, -0.05) is 36.4 Å². The van der Waals surface area contributed by atoms with Crippen molar-refractivity contribution in [2.75, 3.05) is 37.3 Å². The molecule has 0 atom stereocenters. The maximum atomic E-state index is 12.4. The van der Waals surface area contributed by atoms with Gasteiger partial charge in [0.25, 0.3) is 0 Å². The first kappa shape index (κ1) is 18.8. The molecule has 0 saturated carbocycles. The van der Waals surface area contributed by atoms with Crippen LogP contribution in [0.3, 0.4) is 0 Å². The van der Waals surface area contributed by atoms with Crippen molar-refractivity contribution in [3.63, 3.8) is 0 Å². The Morgan fingerprint density at radius 2 is 1.64 bits per heavy atom. The summed E-state index contributed by atoms with van der Waals surface area (Å²) in [5.41, 5.74) is 3.70. The second-order valence-electron chi connectivity index (χ2n) is 7.37. The standard InChI is InChI=1S/C21H24N4O2S/c1-16-8-9-18-19(14-16)22-20(21(23-18)28(2,26)27)25-12-10-24(11-13-25)15-17-6-4-3-5-7-17/h3-9,14H,10-13,15H2,1-2H3. The zero-order valence-electron chi connectivity index (χ0n) is 16.2. The third kappa shape index (κ3) is 4.00. The Balaban J connectivity index is 1.60. The van der Waals surface area contributed by atoms with Gasteiger partial charge in [0.05, 0.1) is 11.0 Å². The van der Waals surface area contributed by atoms with Crippen LogP contribution >= 0.6 is 0 Å². The lowest BCUT2D eigenvalue weighted by atomic mass is 10.2. The summed E-state index contributed by atoms with van der Waals surface area (Å²) in [7, 11) is -3.48. The van der Waals surface area contributed by atoms with Crippen LogP contribution in [0.2, 0.25) is 0 Å². The lowest BCUT2D eigenvalue weighted by Gasteiger charge is -2.35. The maximum Gasteiger partial charge on any atom is 0.198 e. The van der Waals surface area contributed by atoms with E-state index >= 15 is 0 Å². The van der Waals surface area contributed by atoms with Gasteiger partial charge in [-0.25, -0.2) is 18.4 Å². The Labute approximate surface area is 165 Å². The van der Waals surface area contributed by atoms with Crippen LogP contribution in [0.15, 0.2) is 53.6 Å². The molecule has 4 rings (SSSR count). The van der Waals surface area contributed by atoms with E-state index in [1.54, 1.807) is 0 Å². The zero-order valence-corrected chi connectivity index (χ0v) is 17.0. The van der Waals surface area contributed by atoms with Gasteiger partial charge in [-0.15, -0.1) is 0 Å². The van der Waals surface area contributed by atoms with Crippen LogP contribution in [-0.2, 0) is 16.4 Å². The first-order valence-electron chi connectivity index (χ1n) is 9.40. The second kappa shape index (κ2) is 7.48. The Kier molecular flexibility index (Phi) is 5.03. The number of aromatic nitrogens is 2. The van der Waals surface area contributed by atoms with Crippen molar-refractivity contribution < 1.29 is 8.42 Å². The molecule has 7 heteroatoms. The predicted octanol–water partition coefficient (Wildman–Crippen LogP) is 2.66. The number of aryl methyl sites for hydroxylation is 1. The number of piperazine rings is 1. The smallest absolute Gasteiger partial charge is 0.198 e. The number of hydrogen-bond donors (Lipinski definition) is 0. The van der Waals surface area contributed by atoms with Crippen LogP contribution in [0, 0.1) is 6.92 Å². The van der Waals surface area contributed by atoms with Crippen LogP contribution in [0.5, 0.6) is 0 Å². The van der Waals surface area contributed by atoms with E-state index in [1.165, 1.54) is 11.8 Å². The number of benzene rings is 2. The number of hydrogen-bond acceptors (Lipinski definition) is 6. The highest BCUT2D eigenvalue weighted by Gasteiger charge is 2.26. The lowest BCUT2D eigenvalue weighted by molar-refractivity contribution is 0.249. The Hall–Kier alpha value is -2.51. The molecule has 0 amide bonds. The summed E-state index contributed by atoms with van der Waals surface area (Å²) in [5, 5.41) is 0.0698. The minimum Gasteiger partial charge on any atom is -0.352 e.